The molecule has 1 aromatic heterocycles. The summed E-state index contributed by atoms with van der Waals surface area (Å²) in [6.07, 6.45) is 3.52. The van der Waals surface area contributed by atoms with Gasteiger partial charge in [-0.2, -0.15) is 0 Å². The van der Waals surface area contributed by atoms with Gasteiger partial charge in [0.05, 0.1) is 6.10 Å². The maximum absolute atomic E-state index is 5.71. The molecule has 98 valence electrons. The second-order valence-corrected chi connectivity index (χ2v) is 4.85. The third kappa shape index (κ3) is 3.05. The van der Waals surface area contributed by atoms with Crippen LogP contribution in [0.1, 0.15) is 20.3 Å². The van der Waals surface area contributed by atoms with Crippen LogP contribution in [0.5, 0.6) is 5.75 Å². The molecule has 2 rings (SSSR count). The predicted octanol–water partition coefficient (Wildman–Crippen LogP) is 3.04. The van der Waals surface area contributed by atoms with Crippen molar-refractivity contribution in [1.29, 1.82) is 0 Å². The van der Waals surface area contributed by atoms with Crippen molar-refractivity contribution in [2.75, 3.05) is 13.6 Å². The quantitative estimate of drug-likeness (QED) is 0.793. The van der Waals surface area contributed by atoms with E-state index in [0.717, 1.165) is 25.3 Å². The number of hydrogen-bond donors (Lipinski definition) is 1. The Balaban J connectivity index is 2.15. The molecule has 2 aromatic rings. The van der Waals surface area contributed by atoms with Crippen LogP contribution < -0.4 is 10.1 Å². The van der Waals surface area contributed by atoms with E-state index in [0.29, 0.717) is 0 Å². The van der Waals surface area contributed by atoms with Gasteiger partial charge in [0, 0.05) is 23.6 Å². The monoisotopic (exact) mass is 246 g/mol. The SMILES string of the molecule is CNCCCn1ccc2cc(OC(C)C)ccc21. The minimum Gasteiger partial charge on any atom is -0.491 e. The van der Waals surface area contributed by atoms with E-state index in [1.807, 2.05) is 20.9 Å². The van der Waals surface area contributed by atoms with Gasteiger partial charge in [-0.1, -0.05) is 0 Å². The summed E-state index contributed by atoms with van der Waals surface area (Å²) in [5.41, 5.74) is 1.28. The summed E-state index contributed by atoms with van der Waals surface area (Å²) in [6, 6.07) is 8.47. The molecule has 3 nitrogen and oxygen atoms in total. The lowest BCUT2D eigenvalue weighted by atomic mass is 10.2. The Morgan fingerprint density at radius 3 is 2.83 bits per heavy atom. The molecule has 3 heteroatoms. The van der Waals surface area contributed by atoms with Crippen LogP contribution in [-0.4, -0.2) is 24.3 Å². The molecular formula is C15H22N2O. The molecule has 0 unspecified atom stereocenters. The standard InChI is InChI=1S/C15H22N2O/c1-12(2)18-14-5-6-15-13(11-14)7-10-17(15)9-4-8-16-3/h5-7,10-12,16H,4,8-9H2,1-3H3. The molecular weight excluding hydrogens is 224 g/mol. The zero-order valence-electron chi connectivity index (χ0n) is 11.4. The highest BCUT2D eigenvalue weighted by Crippen LogP contribution is 2.23. The van der Waals surface area contributed by atoms with Gasteiger partial charge in [-0.25, -0.2) is 0 Å². The van der Waals surface area contributed by atoms with Crippen molar-refractivity contribution in [2.45, 2.75) is 32.9 Å². The van der Waals surface area contributed by atoms with Crippen LogP contribution >= 0.6 is 0 Å². The van der Waals surface area contributed by atoms with Crippen molar-refractivity contribution < 1.29 is 4.74 Å². The molecule has 1 N–H and O–H groups in total. The summed E-state index contributed by atoms with van der Waals surface area (Å²) in [5, 5.41) is 4.42. The third-order valence-electron chi connectivity index (χ3n) is 2.94. The van der Waals surface area contributed by atoms with Crippen LogP contribution in [0.15, 0.2) is 30.5 Å². The van der Waals surface area contributed by atoms with Crippen LogP contribution in [-0.2, 0) is 6.54 Å². The fourth-order valence-electron chi connectivity index (χ4n) is 2.14. The normalized spacial score (nSPS) is 11.3. The number of nitrogens with zero attached hydrogens (tertiary/aromatic N) is 1. The van der Waals surface area contributed by atoms with Crippen LogP contribution in [0.4, 0.5) is 0 Å². The molecule has 0 atom stereocenters. The molecule has 1 heterocycles. The Hall–Kier alpha value is -1.48. The minimum absolute atomic E-state index is 0.222. The molecule has 0 aliphatic carbocycles. The molecule has 1 aromatic carbocycles. The zero-order chi connectivity index (χ0) is 13.0. The fraction of sp³-hybridized carbons (Fsp3) is 0.467. The molecule has 0 amide bonds. The maximum Gasteiger partial charge on any atom is 0.120 e. The predicted molar refractivity (Wildman–Crippen MR) is 76.2 cm³/mol. The zero-order valence-corrected chi connectivity index (χ0v) is 11.4. The van der Waals surface area contributed by atoms with Gasteiger partial charge in [0.1, 0.15) is 5.75 Å². The van der Waals surface area contributed by atoms with Gasteiger partial charge in [0.15, 0.2) is 0 Å². The van der Waals surface area contributed by atoms with Crippen molar-refractivity contribution in [2.24, 2.45) is 0 Å². The van der Waals surface area contributed by atoms with E-state index in [1.165, 1.54) is 10.9 Å². The first-order valence-corrected chi connectivity index (χ1v) is 6.61. The van der Waals surface area contributed by atoms with Crippen LogP contribution in [0.3, 0.4) is 0 Å². The summed E-state index contributed by atoms with van der Waals surface area (Å²) in [5.74, 6) is 0.950. The molecule has 0 radical (unpaired) electrons. The minimum atomic E-state index is 0.222. The third-order valence-corrected chi connectivity index (χ3v) is 2.94. The van der Waals surface area contributed by atoms with E-state index in [1.54, 1.807) is 0 Å². The van der Waals surface area contributed by atoms with Gasteiger partial charge in [0.25, 0.3) is 0 Å². The highest BCUT2D eigenvalue weighted by Gasteiger charge is 2.03. The fourth-order valence-corrected chi connectivity index (χ4v) is 2.14. The first kappa shape index (κ1) is 13.0. The number of hydrogen-bond acceptors (Lipinski definition) is 2. The summed E-state index contributed by atoms with van der Waals surface area (Å²) >= 11 is 0. The number of fused-ring (bicyclic) bond motifs is 1. The highest BCUT2D eigenvalue weighted by molar-refractivity contribution is 5.81. The van der Waals surface area contributed by atoms with Crippen LogP contribution in [0.25, 0.3) is 10.9 Å². The Labute approximate surface area is 109 Å². The summed E-state index contributed by atoms with van der Waals surface area (Å²) < 4.78 is 8.01. The first-order valence-electron chi connectivity index (χ1n) is 6.61. The van der Waals surface area contributed by atoms with E-state index in [2.05, 4.69) is 40.3 Å². The lowest BCUT2D eigenvalue weighted by Crippen LogP contribution is -2.10. The molecule has 0 spiro atoms. The number of nitrogens with one attached hydrogen (secondary N) is 1. The topological polar surface area (TPSA) is 26.2 Å². The number of benzene rings is 1. The van der Waals surface area contributed by atoms with Gasteiger partial charge in [-0.05, 0) is 58.1 Å². The number of rotatable bonds is 6. The van der Waals surface area contributed by atoms with Gasteiger partial charge >= 0.3 is 0 Å². The van der Waals surface area contributed by atoms with Gasteiger partial charge in [-0.3, -0.25) is 0 Å². The molecule has 0 saturated heterocycles. The molecule has 0 aliphatic heterocycles. The molecule has 0 saturated carbocycles. The smallest absolute Gasteiger partial charge is 0.120 e. The molecule has 0 aliphatic rings. The van der Waals surface area contributed by atoms with E-state index in [9.17, 15) is 0 Å². The van der Waals surface area contributed by atoms with Gasteiger partial charge < -0.3 is 14.6 Å². The van der Waals surface area contributed by atoms with E-state index >= 15 is 0 Å². The highest BCUT2D eigenvalue weighted by atomic mass is 16.5. The van der Waals surface area contributed by atoms with Crippen molar-refractivity contribution in [3.63, 3.8) is 0 Å². The second kappa shape index (κ2) is 5.91. The second-order valence-electron chi connectivity index (χ2n) is 4.85. The molecule has 0 bridgehead atoms. The summed E-state index contributed by atoms with van der Waals surface area (Å²) in [6.45, 7) is 6.20. The van der Waals surface area contributed by atoms with Crippen LogP contribution in [0.2, 0.25) is 0 Å². The first-order chi connectivity index (χ1) is 8.70. The van der Waals surface area contributed by atoms with Crippen molar-refractivity contribution in [1.82, 2.24) is 9.88 Å². The summed E-state index contributed by atoms with van der Waals surface area (Å²) in [4.78, 5) is 0. The van der Waals surface area contributed by atoms with Gasteiger partial charge in [-0.15, -0.1) is 0 Å². The van der Waals surface area contributed by atoms with Crippen molar-refractivity contribution in [3.05, 3.63) is 30.5 Å². The van der Waals surface area contributed by atoms with Crippen molar-refractivity contribution >= 4 is 10.9 Å². The maximum atomic E-state index is 5.71. The average molecular weight is 246 g/mol. The largest absolute Gasteiger partial charge is 0.491 e. The van der Waals surface area contributed by atoms with E-state index < -0.39 is 0 Å². The lowest BCUT2D eigenvalue weighted by Gasteiger charge is -2.10. The van der Waals surface area contributed by atoms with E-state index in [-0.39, 0.29) is 6.10 Å². The lowest BCUT2D eigenvalue weighted by molar-refractivity contribution is 0.243. The number of aryl methyl sites for hydroxylation is 1. The Kier molecular flexibility index (Phi) is 4.26. The van der Waals surface area contributed by atoms with Gasteiger partial charge in [0.2, 0.25) is 0 Å². The average Bonchev–Trinajstić information content (AvgIpc) is 2.71. The summed E-state index contributed by atoms with van der Waals surface area (Å²) in [7, 11) is 1.99. The van der Waals surface area contributed by atoms with Crippen LogP contribution in [0, 0.1) is 0 Å². The Bertz CT molecular complexity index is 502. The number of aromatic nitrogens is 1. The molecule has 0 fully saturated rings. The number of ether oxygens (including phenoxy) is 1. The van der Waals surface area contributed by atoms with Crippen molar-refractivity contribution in [3.8, 4) is 5.75 Å². The van der Waals surface area contributed by atoms with E-state index in [4.69, 9.17) is 4.74 Å². The Morgan fingerprint density at radius 2 is 2.11 bits per heavy atom. The molecule has 18 heavy (non-hydrogen) atoms. The Morgan fingerprint density at radius 1 is 1.28 bits per heavy atom.